The summed E-state index contributed by atoms with van der Waals surface area (Å²) in [6.07, 6.45) is 0. The van der Waals surface area contributed by atoms with Gasteiger partial charge in [-0.15, -0.1) is 0 Å². The van der Waals surface area contributed by atoms with Crippen molar-refractivity contribution in [3.63, 3.8) is 0 Å². The maximum atomic E-state index is 11.8. The zero-order valence-electron chi connectivity index (χ0n) is 9.04. The van der Waals surface area contributed by atoms with Crippen LogP contribution in [0.3, 0.4) is 0 Å². The molecule has 1 aromatic rings. The van der Waals surface area contributed by atoms with E-state index in [-0.39, 0.29) is 5.91 Å². The minimum absolute atomic E-state index is 0.0571. The first-order chi connectivity index (χ1) is 7.08. The summed E-state index contributed by atoms with van der Waals surface area (Å²) >= 11 is 5.80. The van der Waals surface area contributed by atoms with Crippen LogP contribution in [0.15, 0.2) is 12.1 Å². The molecule has 1 heterocycles. The van der Waals surface area contributed by atoms with E-state index < -0.39 is 0 Å². The van der Waals surface area contributed by atoms with Crippen molar-refractivity contribution in [2.24, 2.45) is 0 Å². The van der Waals surface area contributed by atoms with E-state index in [4.69, 9.17) is 11.6 Å². The molecule has 1 N–H and O–H groups in total. The molecule has 0 atom stereocenters. The van der Waals surface area contributed by atoms with Crippen molar-refractivity contribution in [3.05, 3.63) is 22.8 Å². The highest BCUT2D eigenvalue weighted by Crippen LogP contribution is 2.15. The quantitative estimate of drug-likeness (QED) is 0.802. The van der Waals surface area contributed by atoms with Crippen molar-refractivity contribution in [1.82, 2.24) is 9.88 Å². The van der Waals surface area contributed by atoms with E-state index in [1.165, 1.54) is 0 Å². The van der Waals surface area contributed by atoms with Gasteiger partial charge in [0.1, 0.15) is 11.0 Å². The van der Waals surface area contributed by atoms with Crippen LogP contribution in [-0.2, 0) is 0 Å². The lowest BCUT2D eigenvalue weighted by Gasteiger charge is -2.14. The van der Waals surface area contributed by atoms with Gasteiger partial charge < -0.3 is 10.2 Å². The molecule has 0 saturated heterocycles. The molecule has 82 valence electrons. The van der Waals surface area contributed by atoms with Crippen molar-refractivity contribution in [3.8, 4) is 0 Å². The second kappa shape index (κ2) is 4.98. The summed E-state index contributed by atoms with van der Waals surface area (Å²) in [5.74, 6) is 0.536. The summed E-state index contributed by atoms with van der Waals surface area (Å²) in [7, 11) is 3.48. The first-order valence-corrected chi connectivity index (χ1v) is 5.07. The van der Waals surface area contributed by atoms with E-state index in [2.05, 4.69) is 10.3 Å². The highest BCUT2D eigenvalue weighted by atomic mass is 35.5. The summed E-state index contributed by atoms with van der Waals surface area (Å²) < 4.78 is 0. The van der Waals surface area contributed by atoms with Crippen LogP contribution in [0.1, 0.15) is 17.3 Å². The Morgan fingerprint density at radius 1 is 1.60 bits per heavy atom. The van der Waals surface area contributed by atoms with Crippen LogP contribution in [0, 0.1) is 0 Å². The highest BCUT2D eigenvalue weighted by molar-refractivity contribution is 6.29. The van der Waals surface area contributed by atoms with Gasteiger partial charge in [0, 0.05) is 26.2 Å². The number of carbonyl (C=O) groups is 1. The molecule has 0 unspecified atom stereocenters. The summed E-state index contributed by atoms with van der Waals surface area (Å²) in [5, 5.41) is 3.17. The van der Waals surface area contributed by atoms with Crippen molar-refractivity contribution < 1.29 is 4.79 Å². The number of hydrogen-bond donors (Lipinski definition) is 1. The molecule has 0 aliphatic heterocycles. The average molecular weight is 228 g/mol. The van der Waals surface area contributed by atoms with Crippen molar-refractivity contribution in [2.75, 3.05) is 26.0 Å². The van der Waals surface area contributed by atoms with Gasteiger partial charge in [-0.2, -0.15) is 0 Å². The van der Waals surface area contributed by atoms with Crippen LogP contribution in [0.2, 0.25) is 5.15 Å². The third kappa shape index (κ3) is 2.83. The standard InChI is InChI=1S/C10H14ClN3O/c1-4-14(3)10(15)7-5-8(11)13-9(6-7)12-2/h5-6H,4H2,1-3H3,(H,12,13). The molecule has 5 heteroatoms. The Bertz CT molecular complexity index is 368. The summed E-state index contributed by atoms with van der Waals surface area (Å²) in [5.41, 5.74) is 0.545. The number of nitrogens with one attached hydrogen (secondary N) is 1. The number of anilines is 1. The molecule has 0 fully saturated rings. The predicted octanol–water partition coefficient (Wildman–Crippen LogP) is 1.87. The molecule has 0 aromatic carbocycles. The number of halogens is 1. The first kappa shape index (κ1) is 11.8. The van der Waals surface area contributed by atoms with E-state index in [1.54, 1.807) is 31.1 Å². The minimum Gasteiger partial charge on any atom is -0.373 e. The lowest BCUT2D eigenvalue weighted by Crippen LogP contribution is -2.26. The Labute approximate surface area is 94.3 Å². The molecular formula is C10H14ClN3O. The Kier molecular flexibility index (Phi) is 3.91. The molecule has 1 amide bonds. The normalized spacial score (nSPS) is 9.87. The number of pyridine rings is 1. The highest BCUT2D eigenvalue weighted by Gasteiger charge is 2.12. The van der Waals surface area contributed by atoms with E-state index in [0.717, 1.165) is 0 Å². The van der Waals surface area contributed by atoms with E-state index in [0.29, 0.717) is 23.1 Å². The maximum Gasteiger partial charge on any atom is 0.253 e. The van der Waals surface area contributed by atoms with Gasteiger partial charge in [-0.05, 0) is 19.1 Å². The Morgan fingerprint density at radius 2 is 2.27 bits per heavy atom. The van der Waals surface area contributed by atoms with Crippen molar-refractivity contribution in [2.45, 2.75) is 6.92 Å². The lowest BCUT2D eigenvalue weighted by molar-refractivity contribution is 0.0802. The Hall–Kier alpha value is -1.29. The summed E-state index contributed by atoms with van der Waals surface area (Å²) in [4.78, 5) is 17.4. The number of hydrogen-bond acceptors (Lipinski definition) is 3. The largest absolute Gasteiger partial charge is 0.373 e. The van der Waals surface area contributed by atoms with Gasteiger partial charge in [0.15, 0.2) is 0 Å². The van der Waals surface area contributed by atoms with Gasteiger partial charge in [-0.25, -0.2) is 4.98 Å². The molecule has 0 bridgehead atoms. The average Bonchev–Trinajstić information content (AvgIpc) is 2.26. The maximum absolute atomic E-state index is 11.8. The lowest BCUT2D eigenvalue weighted by atomic mass is 10.2. The molecule has 1 aromatic heterocycles. The van der Waals surface area contributed by atoms with Crippen molar-refractivity contribution in [1.29, 1.82) is 0 Å². The fraction of sp³-hybridized carbons (Fsp3) is 0.400. The van der Waals surface area contributed by atoms with E-state index in [9.17, 15) is 4.79 Å². The molecule has 1 rings (SSSR count). The van der Waals surface area contributed by atoms with Crippen LogP contribution < -0.4 is 5.32 Å². The molecule has 4 nitrogen and oxygen atoms in total. The number of rotatable bonds is 3. The molecule has 0 aliphatic carbocycles. The third-order valence-corrected chi connectivity index (χ3v) is 2.31. The van der Waals surface area contributed by atoms with Gasteiger partial charge >= 0.3 is 0 Å². The van der Waals surface area contributed by atoms with Crippen LogP contribution >= 0.6 is 11.6 Å². The molecule has 0 radical (unpaired) electrons. The molecule has 15 heavy (non-hydrogen) atoms. The smallest absolute Gasteiger partial charge is 0.253 e. The van der Waals surface area contributed by atoms with Crippen molar-refractivity contribution >= 4 is 23.3 Å². The van der Waals surface area contributed by atoms with Crippen LogP contribution in [0.5, 0.6) is 0 Å². The second-order valence-corrected chi connectivity index (χ2v) is 3.52. The zero-order chi connectivity index (χ0) is 11.4. The Balaban J connectivity index is 3.03. The van der Waals surface area contributed by atoms with Gasteiger partial charge in [-0.3, -0.25) is 4.79 Å². The fourth-order valence-corrected chi connectivity index (χ4v) is 1.32. The van der Waals surface area contributed by atoms with E-state index >= 15 is 0 Å². The zero-order valence-corrected chi connectivity index (χ0v) is 9.80. The Morgan fingerprint density at radius 3 is 2.80 bits per heavy atom. The number of carbonyl (C=O) groups excluding carboxylic acids is 1. The van der Waals surface area contributed by atoms with Gasteiger partial charge in [-0.1, -0.05) is 11.6 Å². The number of amides is 1. The second-order valence-electron chi connectivity index (χ2n) is 3.13. The van der Waals surface area contributed by atoms with Crippen LogP contribution in [-0.4, -0.2) is 36.4 Å². The molecule has 0 saturated carbocycles. The predicted molar refractivity (Wildman–Crippen MR) is 61.4 cm³/mol. The van der Waals surface area contributed by atoms with E-state index in [1.807, 2.05) is 6.92 Å². The summed E-state index contributed by atoms with van der Waals surface area (Å²) in [6.45, 7) is 2.58. The first-order valence-electron chi connectivity index (χ1n) is 4.69. The number of nitrogens with zero attached hydrogens (tertiary/aromatic N) is 2. The van der Waals surface area contributed by atoms with Gasteiger partial charge in [0.25, 0.3) is 5.91 Å². The van der Waals surface area contributed by atoms with Crippen LogP contribution in [0.4, 0.5) is 5.82 Å². The molecule has 0 spiro atoms. The summed E-state index contributed by atoms with van der Waals surface area (Å²) in [6, 6.07) is 3.25. The van der Waals surface area contributed by atoms with Gasteiger partial charge in [0.05, 0.1) is 0 Å². The molecule has 0 aliphatic rings. The topological polar surface area (TPSA) is 45.2 Å². The SMILES string of the molecule is CCN(C)C(=O)c1cc(Cl)nc(NC)c1. The monoisotopic (exact) mass is 227 g/mol. The van der Waals surface area contributed by atoms with Crippen LogP contribution in [0.25, 0.3) is 0 Å². The third-order valence-electron chi connectivity index (χ3n) is 2.12. The molecular weight excluding hydrogens is 214 g/mol. The fourth-order valence-electron chi connectivity index (χ4n) is 1.11. The number of aromatic nitrogens is 1. The minimum atomic E-state index is -0.0571. The van der Waals surface area contributed by atoms with Gasteiger partial charge in [0.2, 0.25) is 0 Å².